The molecule has 0 aromatic heterocycles. The second-order valence-corrected chi connectivity index (χ2v) is 5.82. The highest BCUT2D eigenvalue weighted by Gasteiger charge is 2.24. The number of halogens is 3. The van der Waals surface area contributed by atoms with Crippen LogP contribution in [0.5, 0.6) is 5.75 Å². The fourth-order valence-electron chi connectivity index (χ4n) is 2.74. The van der Waals surface area contributed by atoms with Gasteiger partial charge in [-0.2, -0.15) is 0 Å². The van der Waals surface area contributed by atoms with Crippen molar-refractivity contribution in [1.29, 1.82) is 0 Å². The van der Waals surface area contributed by atoms with Crippen molar-refractivity contribution in [3.05, 3.63) is 39.9 Å². The normalized spacial score (nSPS) is 16.5. The van der Waals surface area contributed by atoms with Crippen molar-refractivity contribution in [1.82, 2.24) is 10.2 Å². The number of phenols is 1. The number of benzene rings is 1. The molecule has 2 rings (SSSR count). The number of aryl methyl sites for hydroxylation is 1. The van der Waals surface area contributed by atoms with Gasteiger partial charge < -0.3 is 10.4 Å². The molecule has 1 aromatic rings. The molecule has 6 heteroatoms. The van der Waals surface area contributed by atoms with E-state index < -0.39 is 0 Å². The van der Waals surface area contributed by atoms with Gasteiger partial charge in [-0.1, -0.05) is 22.0 Å². The predicted octanol–water partition coefficient (Wildman–Crippen LogP) is 3.75. The van der Waals surface area contributed by atoms with Crippen molar-refractivity contribution in [3.8, 4) is 5.75 Å². The van der Waals surface area contributed by atoms with Crippen molar-refractivity contribution in [2.45, 2.75) is 19.9 Å². The summed E-state index contributed by atoms with van der Waals surface area (Å²) in [7, 11) is 0. The van der Waals surface area contributed by atoms with Crippen LogP contribution in [0.4, 0.5) is 0 Å². The lowest BCUT2D eigenvalue weighted by molar-refractivity contribution is 0.200. The molecule has 1 atom stereocenters. The molecule has 0 aliphatic carbocycles. The van der Waals surface area contributed by atoms with Gasteiger partial charge in [0.25, 0.3) is 0 Å². The monoisotopic (exact) mass is 396 g/mol. The summed E-state index contributed by atoms with van der Waals surface area (Å²) < 4.78 is 1.07. The average molecular weight is 398 g/mol. The van der Waals surface area contributed by atoms with Gasteiger partial charge in [-0.15, -0.1) is 31.4 Å². The summed E-state index contributed by atoms with van der Waals surface area (Å²) >= 11 is 3.61. The number of hydrogen-bond donors (Lipinski definition) is 2. The highest BCUT2D eigenvalue weighted by Crippen LogP contribution is 2.38. The van der Waals surface area contributed by atoms with Crippen molar-refractivity contribution >= 4 is 40.7 Å². The molecular weight excluding hydrogens is 375 g/mol. The second kappa shape index (κ2) is 9.01. The lowest BCUT2D eigenvalue weighted by Gasteiger charge is -2.34. The van der Waals surface area contributed by atoms with E-state index in [2.05, 4.69) is 32.7 Å². The van der Waals surface area contributed by atoms with E-state index in [1.807, 2.05) is 26.0 Å². The Hall–Kier alpha value is -0.260. The molecule has 0 unspecified atom stereocenters. The van der Waals surface area contributed by atoms with Crippen LogP contribution >= 0.6 is 40.7 Å². The highest BCUT2D eigenvalue weighted by atomic mass is 79.9. The fourth-order valence-corrected chi connectivity index (χ4v) is 3.06. The van der Waals surface area contributed by atoms with Crippen molar-refractivity contribution in [2.75, 3.05) is 26.2 Å². The smallest absolute Gasteiger partial charge is 0.121 e. The maximum absolute atomic E-state index is 10.3. The third kappa shape index (κ3) is 4.36. The van der Waals surface area contributed by atoms with Crippen LogP contribution < -0.4 is 5.32 Å². The van der Waals surface area contributed by atoms with Crippen LogP contribution in [0, 0.1) is 13.8 Å². The molecule has 21 heavy (non-hydrogen) atoms. The van der Waals surface area contributed by atoms with Crippen molar-refractivity contribution in [3.63, 3.8) is 0 Å². The van der Waals surface area contributed by atoms with E-state index in [0.717, 1.165) is 47.3 Å². The van der Waals surface area contributed by atoms with Crippen LogP contribution in [-0.4, -0.2) is 36.2 Å². The number of nitrogens with one attached hydrogen (secondary N) is 1. The highest BCUT2D eigenvalue weighted by molar-refractivity contribution is 9.10. The quantitative estimate of drug-likeness (QED) is 0.762. The second-order valence-electron chi connectivity index (χ2n) is 5.03. The summed E-state index contributed by atoms with van der Waals surface area (Å²) in [6, 6.07) is 1.89. The Morgan fingerprint density at radius 2 is 1.90 bits per heavy atom. The lowest BCUT2D eigenvalue weighted by Crippen LogP contribution is -2.44. The molecule has 1 saturated heterocycles. The molecule has 3 nitrogen and oxygen atoms in total. The van der Waals surface area contributed by atoms with E-state index >= 15 is 0 Å². The SMILES string of the molecule is C=C[C@@H](c1c(O)cc(C)c(Br)c1C)N1CCNCC1.Cl.Cl. The number of rotatable bonds is 3. The molecule has 0 radical (unpaired) electrons. The molecule has 0 saturated carbocycles. The first kappa shape index (κ1) is 20.7. The third-order valence-corrected chi connectivity index (χ3v) is 4.99. The summed E-state index contributed by atoms with van der Waals surface area (Å²) in [5.74, 6) is 0.363. The largest absolute Gasteiger partial charge is 0.508 e. The predicted molar refractivity (Wildman–Crippen MR) is 97.2 cm³/mol. The summed E-state index contributed by atoms with van der Waals surface area (Å²) in [6.07, 6.45) is 1.93. The molecule has 1 aromatic carbocycles. The van der Waals surface area contributed by atoms with Crippen LogP contribution in [0.15, 0.2) is 23.2 Å². The zero-order valence-electron chi connectivity index (χ0n) is 12.4. The van der Waals surface area contributed by atoms with Crippen LogP contribution in [0.2, 0.25) is 0 Å². The molecule has 2 N–H and O–H groups in total. The minimum absolute atomic E-state index is 0. The minimum atomic E-state index is 0. The maximum atomic E-state index is 10.3. The van der Waals surface area contributed by atoms with E-state index in [0.29, 0.717) is 5.75 Å². The van der Waals surface area contributed by atoms with E-state index in [1.165, 1.54) is 0 Å². The Kier molecular flexibility index (Phi) is 8.90. The summed E-state index contributed by atoms with van der Waals surface area (Å²) in [5, 5.41) is 13.7. The van der Waals surface area contributed by atoms with Gasteiger partial charge in [0.05, 0.1) is 6.04 Å². The van der Waals surface area contributed by atoms with Crippen LogP contribution in [0.3, 0.4) is 0 Å². The molecule has 0 bridgehead atoms. The molecule has 0 amide bonds. The lowest BCUT2D eigenvalue weighted by atomic mass is 9.96. The Morgan fingerprint density at radius 1 is 1.33 bits per heavy atom. The van der Waals surface area contributed by atoms with Crippen molar-refractivity contribution in [2.24, 2.45) is 0 Å². The van der Waals surface area contributed by atoms with Crippen molar-refractivity contribution < 1.29 is 5.11 Å². The summed E-state index contributed by atoms with van der Waals surface area (Å²) in [4.78, 5) is 2.35. The van der Waals surface area contributed by atoms with Gasteiger partial charge in [0.2, 0.25) is 0 Å². The van der Waals surface area contributed by atoms with E-state index in [4.69, 9.17) is 0 Å². The standard InChI is InChI=1S/C15H21BrN2O.2ClH/c1-4-12(18-7-5-17-6-8-18)14-11(3)15(16)10(2)9-13(14)19;;/h4,9,12,17,19H,1,5-8H2,2-3H3;2*1H/t12-;;/m0../s1. The van der Waals surface area contributed by atoms with Crippen LogP contribution in [0.1, 0.15) is 22.7 Å². The van der Waals surface area contributed by atoms with Gasteiger partial charge in [-0.05, 0) is 31.0 Å². The molecule has 1 aliphatic heterocycles. The first-order chi connectivity index (χ1) is 9.06. The number of hydrogen-bond acceptors (Lipinski definition) is 3. The number of nitrogens with zero attached hydrogens (tertiary/aromatic N) is 1. The molecular formula is C15H23BrCl2N2O. The number of piperazine rings is 1. The molecule has 1 aliphatic rings. The number of aromatic hydroxyl groups is 1. The van der Waals surface area contributed by atoms with Gasteiger partial charge in [-0.25, -0.2) is 0 Å². The first-order valence-electron chi connectivity index (χ1n) is 6.62. The van der Waals surface area contributed by atoms with Gasteiger partial charge >= 0.3 is 0 Å². The zero-order valence-corrected chi connectivity index (χ0v) is 15.6. The Bertz CT molecular complexity index is 491. The summed E-state index contributed by atoms with van der Waals surface area (Å²) in [6.45, 7) is 11.9. The van der Waals surface area contributed by atoms with E-state index in [1.54, 1.807) is 0 Å². The van der Waals surface area contributed by atoms with Gasteiger partial charge in [0.15, 0.2) is 0 Å². The fraction of sp³-hybridized carbons (Fsp3) is 0.467. The third-order valence-electron chi connectivity index (χ3n) is 3.77. The molecule has 120 valence electrons. The molecule has 0 spiro atoms. The number of phenolic OH excluding ortho intramolecular Hbond substituents is 1. The molecule has 1 fully saturated rings. The Morgan fingerprint density at radius 3 is 2.43 bits per heavy atom. The minimum Gasteiger partial charge on any atom is -0.508 e. The van der Waals surface area contributed by atoms with Gasteiger partial charge in [-0.3, -0.25) is 4.90 Å². The summed E-state index contributed by atoms with van der Waals surface area (Å²) in [5.41, 5.74) is 3.12. The Balaban J connectivity index is 0.00000200. The van der Waals surface area contributed by atoms with Crippen LogP contribution in [0.25, 0.3) is 0 Å². The van der Waals surface area contributed by atoms with Crippen LogP contribution in [-0.2, 0) is 0 Å². The first-order valence-corrected chi connectivity index (χ1v) is 7.41. The van der Waals surface area contributed by atoms with E-state index in [9.17, 15) is 5.11 Å². The molecule has 1 heterocycles. The topological polar surface area (TPSA) is 35.5 Å². The zero-order chi connectivity index (χ0) is 14.0. The Labute approximate surface area is 147 Å². The van der Waals surface area contributed by atoms with Gasteiger partial charge in [0, 0.05) is 36.2 Å². The maximum Gasteiger partial charge on any atom is 0.121 e. The van der Waals surface area contributed by atoms with Gasteiger partial charge in [0.1, 0.15) is 5.75 Å². The average Bonchev–Trinajstić information content (AvgIpc) is 2.42. The van der Waals surface area contributed by atoms with E-state index in [-0.39, 0.29) is 30.9 Å².